The molecule has 0 aliphatic heterocycles. The van der Waals surface area contributed by atoms with Crippen LogP contribution in [0.4, 0.5) is 0 Å². The Bertz CT molecular complexity index is 1240. The van der Waals surface area contributed by atoms with Gasteiger partial charge < -0.3 is 0 Å². The van der Waals surface area contributed by atoms with Crippen LogP contribution >= 0.6 is 11.6 Å². The van der Waals surface area contributed by atoms with E-state index in [9.17, 15) is 0 Å². The van der Waals surface area contributed by atoms with Crippen molar-refractivity contribution in [3.05, 3.63) is 95.6 Å². The van der Waals surface area contributed by atoms with E-state index in [1.54, 1.807) is 0 Å². The van der Waals surface area contributed by atoms with E-state index in [-0.39, 0.29) is 0 Å². The first-order valence-electron chi connectivity index (χ1n) is 8.84. The van der Waals surface area contributed by atoms with Crippen molar-refractivity contribution in [1.82, 2.24) is 14.8 Å². The summed E-state index contributed by atoms with van der Waals surface area (Å²) in [6.45, 7) is 0.675. The Labute approximate surface area is 161 Å². The number of fused-ring (bicyclic) bond motifs is 3. The molecule has 0 N–H and O–H groups in total. The Morgan fingerprint density at radius 1 is 0.778 bits per heavy atom. The van der Waals surface area contributed by atoms with Crippen LogP contribution in [-0.2, 0) is 6.54 Å². The molecule has 2 heterocycles. The molecule has 0 bridgehead atoms. The maximum atomic E-state index is 6.04. The molecule has 3 nitrogen and oxygen atoms in total. The van der Waals surface area contributed by atoms with Crippen LogP contribution in [0.2, 0.25) is 5.02 Å². The molecule has 3 aromatic carbocycles. The van der Waals surface area contributed by atoms with E-state index in [2.05, 4.69) is 27.9 Å². The molecule has 0 aliphatic rings. The summed E-state index contributed by atoms with van der Waals surface area (Å²) in [7, 11) is 0. The summed E-state index contributed by atoms with van der Waals surface area (Å²) in [5.74, 6) is 0. The second-order valence-corrected chi connectivity index (χ2v) is 6.97. The van der Waals surface area contributed by atoms with Gasteiger partial charge in [0.15, 0.2) is 0 Å². The Morgan fingerprint density at radius 3 is 2.33 bits per heavy atom. The molecular formula is C23H16ClN3. The number of aromatic nitrogens is 3. The summed E-state index contributed by atoms with van der Waals surface area (Å²) in [5, 5.41) is 7.88. The molecule has 0 aliphatic carbocycles. The third kappa shape index (κ3) is 2.86. The molecule has 5 aromatic rings. The Morgan fingerprint density at radius 2 is 1.52 bits per heavy atom. The molecule has 0 saturated carbocycles. The van der Waals surface area contributed by atoms with E-state index in [4.69, 9.17) is 16.7 Å². The van der Waals surface area contributed by atoms with E-state index < -0.39 is 0 Å². The first-order chi connectivity index (χ1) is 13.3. The fourth-order valence-corrected chi connectivity index (χ4v) is 3.62. The topological polar surface area (TPSA) is 30.7 Å². The number of hydrogen-bond donors (Lipinski definition) is 0. The number of pyridine rings is 1. The molecule has 0 amide bonds. The summed E-state index contributed by atoms with van der Waals surface area (Å²) in [6, 6.07) is 26.4. The van der Waals surface area contributed by atoms with Gasteiger partial charge >= 0.3 is 0 Å². The quantitative estimate of drug-likeness (QED) is 0.393. The highest BCUT2D eigenvalue weighted by Gasteiger charge is 2.15. The smallest absolute Gasteiger partial charge is 0.102 e. The van der Waals surface area contributed by atoms with Gasteiger partial charge in [-0.15, -0.1) is 0 Å². The third-order valence-corrected chi connectivity index (χ3v) is 5.03. The van der Waals surface area contributed by atoms with Crippen LogP contribution in [0.25, 0.3) is 33.1 Å². The molecule has 27 heavy (non-hydrogen) atoms. The van der Waals surface area contributed by atoms with Crippen molar-refractivity contribution in [1.29, 1.82) is 0 Å². The number of hydrogen-bond acceptors (Lipinski definition) is 2. The van der Waals surface area contributed by atoms with Gasteiger partial charge in [0.2, 0.25) is 0 Å². The first-order valence-corrected chi connectivity index (χ1v) is 9.21. The average Bonchev–Trinajstić information content (AvgIpc) is 3.09. The van der Waals surface area contributed by atoms with Crippen LogP contribution in [0.15, 0.2) is 85.1 Å². The second kappa shape index (κ2) is 6.53. The summed E-state index contributed by atoms with van der Waals surface area (Å²) in [6.07, 6.45) is 1.94. The highest BCUT2D eigenvalue weighted by Crippen LogP contribution is 2.32. The van der Waals surface area contributed by atoms with Crippen molar-refractivity contribution < 1.29 is 0 Å². The molecule has 0 saturated heterocycles. The standard InChI is InChI=1S/C23H16ClN3/c24-18-12-10-16(11-13-18)15-27-23-19-8-4-5-9-21(19)25-14-20(23)22(26-27)17-6-2-1-3-7-17/h1-14H,15H2. The Hall–Kier alpha value is -3.17. The molecule has 0 radical (unpaired) electrons. The minimum absolute atomic E-state index is 0.675. The van der Waals surface area contributed by atoms with Gasteiger partial charge in [0.1, 0.15) is 5.69 Å². The molecule has 5 rings (SSSR count). The maximum absolute atomic E-state index is 6.04. The zero-order valence-corrected chi connectivity index (χ0v) is 15.3. The van der Waals surface area contributed by atoms with Crippen LogP contribution in [0.3, 0.4) is 0 Å². The fourth-order valence-electron chi connectivity index (χ4n) is 3.49. The SMILES string of the molecule is Clc1ccc(Cn2nc(-c3ccccc3)c3cnc4ccccc4c32)cc1. The van der Waals surface area contributed by atoms with Gasteiger partial charge in [-0.1, -0.05) is 72.3 Å². The van der Waals surface area contributed by atoms with Crippen LogP contribution < -0.4 is 0 Å². The average molecular weight is 370 g/mol. The van der Waals surface area contributed by atoms with Crippen molar-refractivity contribution in [2.24, 2.45) is 0 Å². The van der Waals surface area contributed by atoms with Gasteiger partial charge in [-0.3, -0.25) is 9.67 Å². The van der Waals surface area contributed by atoms with Crippen LogP contribution in [0.5, 0.6) is 0 Å². The van der Waals surface area contributed by atoms with Crippen molar-refractivity contribution >= 4 is 33.4 Å². The second-order valence-electron chi connectivity index (χ2n) is 6.54. The predicted molar refractivity (Wildman–Crippen MR) is 111 cm³/mol. The number of halogens is 1. The minimum Gasteiger partial charge on any atom is -0.259 e. The van der Waals surface area contributed by atoms with Crippen molar-refractivity contribution in [3.8, 4) is 11.3 Å². The number of para-hydroxylation sites is 1. The largest absolute Gasteiger partial charge is 0.259 e. The van der Waals surface area contributed by atoms with E-state index >= 15 is 0 Å². The molecular weight excluding hydrogens is 354 g/mol. The lowest BCUT2D eigenvalue weighted by atomic mass is 10.1. The lowest BCUT2D eigenvalue weighted by Gasteiger charge is -2.06. The fraction of sp³-hybridized carbons (Fsp3) is 0.0435. The highest BCUT2D eigenvalue weighted by molar-refractivity contribution is 6.30. The molecule has 4 heteroatoms. The molecule has 0 spiro atoms. The van der Waals surface area contributed by atoms with Gasteiger partial charge in [0.25, 0.3) is 0 Å². The first kappa shape index (κ1) is 16.0. The van der Waals surface area contributed by atoms with E-state index in [1.807, 2.05) is 66.9 Å². The van der Waals surface area contributed by atoms with Gasteiger partial charge in [-0.2, -0.15) is 5.10 Å². The summed E-state index contributed by atoms with van der Waals surface area (Å²) in [4.78, 5) is 4.66. The lowest BCUT2D eigenvalue weighted by Crippen LogP contribution is -2.02. The van der Waals surface area contributed by atoms with Crippen molar-refractivity contribution in [2.75, 3.05) is 0 Å². The van der Waals surface area contributed by atoms with Gasteiger partial charge in [-0.25, -0.2) is 0 Å². The van der Waals surface area contributed by atoms with Gasteiger partial charge in [0.05, 0.1) is 17.6 Å². The highest BCUT2D eigenvalue weighted by atomic mass is 35.5. The number of nitrogens with zero attached hydrogens (tertiary/aromatic N) is 3. The van der Waals surface area contributed by atoms with Crippen LogP contribution in [0, 0.1) is 0 Å². The Balaban J connectivity index is 1.77. The third-order valence-electron chi connectivity index (χ3n) is 4.77. The van der Waals surface area contributed by atoms with E-state index in [0.717, 1.165) is 43.6 Å². The number of rotatable bonds is 3. The normalized spacial score (nSPS) is 11.3. The molecule has 130 valence electrons. The predicted octanol–water partition coefficient (Wildman–Crippen LogP) is 5.95. The summed E-state index contributed by atoms with van der Waals surface area (Å²) < 4.78 is 2.07. The van der Waals surface area contributed by atoms with Crippen molar-refractivity contribution in [3.63, 3.8) is 0 Å². The summed E-state index contributed by atoms with van der Waals surface area (Å²) in [5.41, 5.74) is 5.29. The molecule has 0 fully saturated rings. The Kier molecular flexibility index (Phi) is 3.88. The summed E-state index contributed by atoms with van der Waals surface area (Å²) >= 11 is 6.04. The molecule has 2 aromatic heterocycles. The minimum atomic E-state index is 0.675. The molecule has 0 atom stereocenters. The molecule has 0 unspecified atom stereocenters. The van der Waals surface area contributed by atoms with Gasteiger partial charge in [-0.05, 0) is 23.8 Å². The monoisotopic (exact) mass is 369 g/mol. The maximum Gasteiger partial charge on any atom is 0.102 e. The van der Waals surface area contributed by atoms with Gasteiger partial charge in [0, 0.05) is 27.6 Å². The lowest BCUT2D eigenvalue weighted by molar-refractivity contribution is 0.717. The zero-order chi connectivity index (χ0) is 18.2. The number of benzene rings is 3. The van der Waals surface area contributed by atoms with E-state index in [1.165, 1.54) is 0 Å². The van der Waals surface area contributed by atoms with Crippen LogP contribution in [-0.4, -0.2) is 14.8 Å². The van der Waals surface area contributed by atoms with E-state index in [0.29, 0.717) is 6.54 Å². The van der Waals surface area contributed by atoms with Crippen molar-refractivity contribution in [2.45, 2.75) is 6.54 Å². The zero-order valence-electron chi connectivity index (χ0n) is 14.5. The van der Waals surface area contributed by atoms with Crippen LogP contribution in [0.1, 0.15) is 5.56 Å².